The topological polar surface area (TPSA) is 15.3 Å². The highest BCUT2D eigenvalue weighted by Gasteiger charge is 2.14. The number of nitrogens with one attached hydrogen (secondary N) is 1. The lowest BCUT2D eigenvalue weighted by Gasteiger charge is -2.24. The van der Waals surface area contributed by atoms with Gasteiger partial charge in [0.25, 0.3) is 0 Å². The molecule has 2 nitrogen and oxygen atoms in total. The summed E-state index contributed by atoms with van der Waals surface area (Å²) in [7, 11) is 0. The zero-order valence-electron chi connectivity index (χ0n) is 12.8. The predicted octanol–water partition coefficient (Wildman–Crippen LogP) is 3.74. The van der Waals surface area contributed by atoms with Gasteiger partial charge in [-0.15, -0.1) is 0 Å². The molecule has 1 rings (SSSR count). The van der Waals surface area contributed by atoms with E-state index in [4.69, 9.17) is 0 Å². The molecule has 0 heterocycles. The molecule has 0 bridgehead atoms. The van der Waals surface area contributed by atoms with Crippen LogP contribution in [0, 0.1) is 11.6 Å². The van der Waals surface area contributed by atoms with E-state index in [-0.39, 0.29) is 6.04 Å². The van der Waals surface area contributed by atoms with Crippen LogP contribution >= 0.6 is 0 Å². The summed E-state index contributed by atoms with van der Waals surface area (Å²) in [6.45, 7) is 10.1. The maximum atomic E-state index is 13.3. The molecule has 0 spiro atoms. The van der Waals surface area contributed by atoms with Gasteiger partial charge in [-0.3, -0.25) is 0 Å². The van der Waals surface area contributed by atoms with Gasteiger partial charge in [0.1, 0.15) is 11.6 Å². The number of benzene rings is 1. The van der Waals surface area contributed by atoms with E-state index in [0.29, 0.717) is 5.56 Å². The maximum Gasteiger partial charge on any atom is 0.126 e. The first kappa shape index (κ1) is 17.1. The highest BCUT2D eigenvalue weighted by atomic mass is 19.1. The van der Waals surface area contributed by atoms with Crippen LogP contribution in [-0.2, 0) is 0 Å². The molecule has 4 heteroatoms. The molecule has 1 aromatic carbocycles. The number of halogens is 2. The second-order valence-electron chi connectivity index (χ2n) is 5.04. The van der Waals surface area contributed by atoms with E-state index in [9.17, 15) is 8.78 Å². The van der Waals surface area contributed by atoms with Crippen molar-refractivity contribution in [3.63, 3.8) is 0 Å². The molecule has 114 valence electrons. The van der Waals surface area contributed by atoms with Gasteiger partial charge in [-0.1, -0.05) is 20.8 Å². The Hall–Kier alpha value is -1.00. The lowest BCUT2D eigenvalue weighted by atomic mass is 10.0. The first-order valence-corrected chi connectivity index (χ1v) is 7.52. The molecule has 0 aliphatic carbocycles. The van der Waals surface area contributed by atoms with Crippen LogP contribution in [0.3, 0.4) is 0 Å². The maximum absolute atomic E-state index is 13.3. The van der Waals surface area contributed by atoms with Crippen molar-refractivity contribution < 1.29 is 8.78 Å². The second-order valence-corrected chi connectivity index (χ2v) is 5.04. The molecule has 0 saturated heterocycles. The summed E-state index contributed by atoms with van der Waals surface area (Å²) in [4.78, 5) is 2.36. The van der Waals surface area contributed by atoms with Crippen molar-refractivity contribution in [2.24, 2.45) is 0 Å². The Morgan fingerprint density at radius 2 is 1.70 bits per heavy atom. The largest absolute Gasteiger partial charge is 0.310 e. The molecule has 0 aliphatic rings. The van der Waals surface area contributed by atoms with Crippen molar-refractivity contribution in [3.05, 3.63) is 35.4 Å². The van der Waals surface area contributed by atoms with Crippen LogP contribution in [-0.4, -0.2) is 31.1 Å². The average molecular weight is 284 g/mol. The van der Waals surface area contributed by atoms with Crippen molar-refractivity contribution >= 4 is 0 Å². The molecule has 0 radical (unpaired) electrons. The summed E-state index contributed by atoms with van der Waals surface area (Å²) in [6, 6.07) is 3.76. The zero-order chi connectivity index (χ0) is 15.0. The van der Waals surface area contributed by atoms with Crippen LogP contribution in [0.1, 0.15) is 45.2 Å². The van der Waals surface area contributed by atoms with Gasteiger partial charge in [0.05, 0.1) is 0 Å². The number of rotatable bonds is 9. The third-order valence-corrected chi connectivity index (χ3v) is 3.46. The lowest BCUT2D eigenvalue weighted by Crippen LogP contribution is -2.30. The minimum absolute atomic E-state index is 0.00361. The Morgan fingerprint density at radius 1 is 1.05 bits per heavy atom. The fourth-order valence-corrected chi connectivity index (χ4v) is 2.47. The average Bonchev–Trinajstić information content (AvgIpc) is 2.40. The van der Waals surface area contributed by atoms with Crippen LogP contribution in [0.15, 0.2) is 18.2 Å². The molecule has 0 aromatic heterocycles. The van der Waals surface area contributed by atoms with Gasteiger partial charge < -0.3 is 10.2 Å². The number of hydrogen-bond donors (Lipinski definition) is 1. The molecule has 0 amide bonds. The molecule has 1 aromatic rings. The van der Waals surface area contributed by atoms with Gasteiger partial charge in [0.2, 0.25) is 0 Å². The van der Waals surface area contributed by atoms with E-state index in [1.807, 2.05) is 6.92 Å². The second kappa shape index (κ2) is 9.03. The minimum Gasteiger partial charge on any atom is -0.310 e. The van der Waals surface area contributed by atoms with Crippen LogP contribution in [0.2, 0.25) is 0 Å². The quantitative estimate of drug-likeness (QED) is 0.743. The molecule has 0 saturated carbocycles. The fraction of sp³-hybridized carbons (Fsp3) is 0.625. The van der Waals surface area contributed by atoms with Crippen molar-refractivity contribution in [1.82, 2.24) is 10.2 Å². The standard InChI is InChI=1S/C16H26F2N2/c1-4-8-20(6-3)9-7-16(19-5-2)13-10-14(17)12-15(18)11-13/h10-12,16,19H,4-9H2,1-3H3. The molecule has 1 unspecified atom stereocenters. The first-order chi connectivity index (χ1) is 9.60. The highest BCUT2D eigenvalue weighted by molar-refractivity contribution is 5.21. The Balaban J connectivity index is 2.72. The van der Waals surface area contributed by atoms with E-state index in [0.717, 1.165) is 45.1 Å². The van der Waals surface area contributed by atoms with Gasteiger partial charge >= 0.3 is 0 Å². The van der Waals surface area contributed by atoms with Crippen molar-refractivity contribution in [1.29, 1.82) is 0 Å². The third-order valence-electron chi connectivity index (χ3n) is 3.46. The Labute approximate surface area is 121 Å². The zero-order valence-corrected chi connectivity index (χ0v) is 12.8. The monoisotopic (exact) mass is 284 g/mol. The molecule has 1 atom stereocenters. The fourth-order valence-electron chi connectivity index (χ4n) is 2.47. The predicted molar refractivity (Wildman–Crippen MR) is 79.8 cm³/mol. The van der Waals surface area contributed by atoms with E-state index in [1.54, 1.807) is 0 Å². The summed E-state index contributed by atoms with van der Waals surface area (Å²) in [6.07, 6.45) is 1.97. The molecular formula is C16H26F2N2. The Kier molecular flexibility index (Phi) is 7.70. The van der Waals surface area contributed by atoms with E-state index >= 15 is 0 Å². The summed E-state index contributed by atoms with van der Waals surface area (Å²) >= 11 is 0. The van der Waals surface area contributed by atoms with Gasteiger partial charge in [-0.25, -0.2) is 8.78 Å². The summed E-state index contributed by atoms with van der Waals surface area (Å²) in [5, 5.41) is 3.31. The van der Waals surface area contributed by atoms with Gasteiger partial charge in [0, 0.05) is 12.1 Å². The van der Waals surface area contributed by atoms with Crippen molar-refractivity contribution in [2.45, 2.75) is 39.7 Å². The summed E-state index contributed by atoms with van der Waals surface area (Å²) < 4.78 is 26.7. The van der Waals surface area contributed by atoms with Crippen LogP contribution in [0.4, 0.5) is 8.78 Å². The first-order valence-electron chi connectivity index (χ1n) is 7.52. The normalized spacial score (nSPS) is 12.9. The number of hydrogen-bond acceptors (Lipinski definition) is 2. The molecule has 0 fully saturated rings. The Bertz CT molecular complexity index is 376. The molecular weight excluding hydrogens is 258 g/mol. The smallest absolute Gasteiger partial charge is 0.126 e. The lowest BCUT2D eigenvalue weighted by molar-refractivity contribution is 0.269. The minimum atomic E-state index is -0.510. The Morgan fingerprint density at radius 3 is 2.20 bits per heavy atom. The van der Waals surface area contributed by atoms with Gasteiger partial charge in [0.15, 0.2) is 0 Å². The molecule has 20 heavy (non-hydrogen) atoms. The van der Waals surface area contributed by atoms with E-state index in [2.05, 4.69) is 24.1 Å². The molecule has 0 aliphatic heterocycles. The van der Waals surface area contributed by atoms with Crippen molar-refractivity contribution in [2.75, 3.05) is 26.2 Å². The third kappa shape index (κ3) is 5.55. The SMILES string of the molecule is CCCN(CC)CCC(NCC)c1cc(F)cc(F)c1. The van der Waals surface area contributed by atoms with E-state index < -0.39 is 11.6 Å². The highest BCUT2D eigenvalue weighted by Crippen LogP contribution is 2.20. The van der Waals surface area contributed by atoms with Crippen LogP contribution < -0.4 is 5.32 Å². The summed E-state index contributed by atoms with van der Waals surface area (Å²) in [5.41, 5.74) is 0.692. The molecule has 1 N–H and O–H groups in total. The number of nitrogens with zero attached hydrogens (tertiary/aromatic N) is 1. The van der Waals surface area contributed by atoms with Gasteiger partial charge in [-0.05, 0) is 56.7 Å². The van der Waals surface area contributed by atoms with Gasteiger partial charge in [-0.2, -0.15) is 0 Å². The van der Waals surface area contributed by atoms with Crippen molar-refractivity contribution in [3.8, 4) is 0 Å². The van der Waals surface area contributed by atoms with E-state index in [1.165, 1.54) is 12.1 Å². The van der Waals surface area contributed by atoms with Crippen LogP contribution in [0.25, 0.3) is 0 Å². The van der Waals surface area contributed by atoms with Crippen LogP contribution in [0.5, 0.6) is 0 Å². The summed E-state index contributed by atoms with van der Waals surface area (Å²) in [5.74, 6) is -1.02.